The van der Waals surface area contributed by atoms with Crippen LogP contribution in [0.2, 0.25) is 0 Å². The van der Waals surface area contributed by atoms with E-state index in [0.29, 0.717) is 48.5 Å². The Bertz CT molecular complexity index is 1210. The lowest BCUT2D eigenvalue weighted by molar-refractivity contribution is -0.122. The maximum Gasteiger partial charge on any atom is 0.276 e. The summed E-state index contributed by atoms with van der Waals surface area (Å²) in [6.45, 7) is 8.70. The Balaban J connectivity index is 1.66. The fourth-order valence-electron chi connectivity index (χ4n) is 4.97. The molecule has 0 fully saturated rings. The molecule has 0 spiro atoms. The third kappa shape index (κ3) is 4.83. The van der Waals surface area contributed by atoms with Gasteiger partial charge in [0.2, 0.25) is 0 Å². The van der Waals surface area contributed by atoms with Gasteiger partial charge >= 0.3 is 0 Å². The Morgan fingerprint density at radius 2 is 2.23 bits per heavy atom. The van der Waals surface area contributed by atoms with Crippen molar-refractivity contribution in [3.63, 3.8) is 0 Å². The van der Waals surface area contributed by atoms with Crippen molar-refractivity contribution in [2.45, 2.75) is 45.4 Å². The molecule has 2 atom stereocenters. The highest BCUT2D eigenvalue weighted by Gasteiger charge is 2.37. The number of aromatic nitrogens is 1. The molecule has 2 unspecified atom stereocenters. The number of aliphatic hydroxyl groups excluding tert-OH is 1. The van der Waals surface area contributed by atoms with E-state index in [4.69, 9.17) is 5.41 Å². The van der Waals surface area contributed by atoms with Crippen LogP contribution in [0, 0.1) is 11.3 Å². The molecule has 4 rings (SSSR count). The van der Waals surface area contributed by atoms with Crippen LogP contribution < -0.4 is 5.32 Å². The van der Waals surface area contributed by atoms with Crippen LogP contribution in [-0.2, 0) is 9.59 Å². The monoisotopic (exact) mass is 472 g/mol. The van der Waals surface area contributed by atoms with Crippen molar-refractivity contribution >= 4 is 28.8 Å². The average Bonchev–Trinajstić information content (AvgIpc) is 3.00. The Morgan fingerprint density at radius 3 is 2.94 bits per heavy atom. The number of amides is 1. The fourth-order valence-corrected chi connectivity index (χ4v) is 4.97. The van der Waals surface area contributed by atoms with Gasteiger partial charge in [-0.25, -0.2) is 4.98 Å². The van der Waals surface area contributed by atoms with Crippen LogP contribution in [0.3, 0.4) is 0 Å². The van der Waals surface area contributed by atoms with E-state index in [1.165, 1.54) is 0 Å². The average molecular weight is 473 g/mol. The first kappa shape index (κ1) is 24.6. The van der Waals surface area contributed by atoms with E-state index in [0.717, 1.165) is 29.7 Å². The Labute approximate surface area is 206 Å². The minimum absolute atomic E-state index is 0.00848. The molecule has 3 aliphatic rings. The quantitative estimate of drug-likeness (QED) is 0.370. The number of hydrogen-bond donors (Lipinski definition) is 3. The predicted octanol–water partition coefficient (Wildman–Crippen LogP) is 4.15. The first-order chi connectivity index (χ1) is 16.8. The van der Waals surface area contributed by atoms with Crippen LogP contribution in [-0.4, -0.2) is 52.1 Å². The number of allylic oxidation sites excluding steroid dienone is 4. The van der Waals surface area contributed by atoms with Crippen LogP contribution in [0.5, 0.6) is 0 Å². The normalized spacial score (nSPS) is 19.7. The number of fused-ring (bicyclic) bond motifs is 1. The molecule has 0 aromatic carbocycles. The molecule has 0 radical (unpaired) electrons. The second-order valence-corrected chi connectivity index (χ2v) is 9.38. The van der Waals surface area contributed by atoms with Crippen LogP contribution in [0.25, 0.3) is 5.57 Å². The molecule has 35 heavy (non-hydrogen) atoms. The van der Waals surface area contributed by atoms with Gasteiger partial charge in [0.25, 0.3) is 5.91 Å². The zero-order valence-corrected chi connectivity index (χ0v) is 20.4. The molecule has 1 amide bonds. The predicted molar refractivity (Wildman–Crippen MR) is 137 cm³/mol. The Morgan fingerprint density at radius 1 is 1.43 bits per heavy atom. The van der Waals surface area contributed by atoms with Gasteiger partial charge < -0.3 is 15.3 Å². The first-order valence-corrected chi connectivity index (χ1v) is 12.2. The molecule has 0 bridgehead atoms. The van der Waals surface area contributed by atoms with Crippen LogP contribution >= 0.6 is 0 Å². The molecule has 2 aliphatic heterocycles. The van der Waals surface area contributed by atoms with E-state index >= 15 is 0 Å². The number of rotatable bonds is 9. The summed E-state index contributed by atoms with van der Waals surface area (Å²) < 4.78 is 0. The molecule has 1 aromatic heterocycles. The minimum Gasteiger partial charge on any atom is -0.396 e. The summed E-state index contributed by atoms with van der Waals surface area (Å²) >= 11 is 0. The molecule has 182 valence electrons. The summed E-state index contributed by atoms with van der Waals surface area (Å²) in [6, 6.07) is 1.98. The zero-order valence-electron chi connectivity index (χ0n) is 20.4. The molecular weight excluding hydrogens is 440 g/mol. The number of carbonyl (C=O) groups excluding carboxylic acids is 2. The van der Waals surface area contributed by atoms with E-state index in [9.17, 15) is 14.7 Å². The van der Waals surface area contributed by atoms with E-state index < -0.39 is 0 Å². The number of nitrogens with zero attached hydrogens (tertiary/aromatic N) is 2. The van der Waals surface area contributed by atoms with E-state index in [-0.39, 0.29) is 35.8 Å². The lowest BCUT2D eigenvalue weighted by Gasteiger charge is -2.27. The van der Waals surface area contributed by atoms with Gasteiger partial charge in [0.05, 0.1) is 0 Å². The number of carbonyl (C=O) groups is 2. The molecule has 3 N–H and O–H groups in total. The van der Waals surface area contributed by atoms with Crippen LogP contribution in [0.1, 0.15) is 56.6 Å². The maximum absolute atomic E-state index is 13.0. The van der Waals surface area contributed by atoms with Crippen molar-refractivity contribution in [2.24, 2.45) is 5.92 Å². The van der Waals surface area contributed by atoms with E-state index in [2.05, 4.69) is 29.5 Å². The summed E-state index contributed by atoms with van der Waals surface area (Å²) in [6.07, 6.45) is 10.3. The third-order valence-corrected chi connectivity index (χ3v) is 6.81. The lowest BCUT2D eigenvalue weighted by atomic mass is 9.90. The molecule has 1 aliphatic carbocycles. The number of nitrogens with one attached hydrogen (secondary N) is 2. The van der Waals surface area contributed by atoms with Gasteiger partial charge in [0, 0.05) is 54.2 Å². The van der Waals surface area contributed by atoms with Gasteiger partial charge in [-0.1, -0.05) is 26.0 Å². The van der Waals surface area contributed by atoms with Crippen molar-refractivity contribution in [2.75, 3.05) is 25.0 Å². The van der Waals surface area contributed by atoms with Gasteiger partial charge in [0.1, 0.15) is 11.5 Å². The number of anilines is 1. The van der Waals surface area contributed by atoms with Gasteiger partial charge in [-0.3, -0.25) is 15.0 Å². The van der Waals surface area contributed by atoms with Gasteiger partial charge in [-0.15, -0.1) is 5.73 Å². The summed E-state index contributed by atoms with van der Waals surface area (Å²) in [5.74, 6) is 0.324. The van der Waals surface area contributed by atoms with Gasteiger partial charge in [-0.05, 0) is 61.5 Å². The van der Waals surface area contributed by atoms with Crippen molar-refractivity contribution in [3.05, 3.63) is 70.8 Å². The number of aliphatic hydroxyl groups is 1. The van der Waals surface area contributed by atoms with Crippen LogP contribution in [0.4, 0.5) is 5.82 Å². The standard InChI is InChI=1S/C28H32N4O3/c1-4-6-18(10-12-33)16-32-24-14-19(7-5-8-22(24)25(29)28(32)35)20-13-23-21(26(34)17(2)3)9-11-30-27(23)31-15-20/h7-9,13,15,18-19,29,33H,2,4,6,10-12,14,16H2,1,3H3,(H,30,31). The number of ketones is 1. The Hall–Kier alpha value is -3.54. The second kappa shape index (κ2) is 10.4. The largest absolute Gasteiger partial charge is 0.396 e. The maximum atomic E-state index is 13.0. The molecular formula is C28H32N4O3. The number of Topliss-reactive ketones (excluding diaryl/α,β-unsaturated/α-hetero) is 1. The number of pyridine rings is 1. The van der Waals surface area contributed by atoms with Crippen molar-refractivity contribution in [1.29, 1.82) is 5.41 Å². The lowest BCUT2D eigenvalue weighted by Crippen LogP contribution is -2.34. The van der Waals surface area contributed by atoms with E-state index in [1.807, 2.05) is 18.2 Å². The van der Waals surface area contributed by atoms with Gasteiger partial charge in [0.15, 0.2) is 5.78 Å². The molecule has 3 heterocycles. The van der Waals surface area contributed by atoms with E-state index in [1.54, 1.807) is 24.1 Å². The van der Waals surface area contributed by atoms with Crippen molar-refractivity contribution in [1.82, 2.24) is 9.88 Å². The summed E-state index contributed by atoms with van der Waals surface area (Å²) in [4.78, 5) is 32.1. The molecule has 0 saturated carbocycles. The summed E-state index contributed by atoms with van der Waals surface area (Å²) in [5, 5.41) is 21.1. The molecule has 1 aromatic rings. The van der Waals surface area contributed by atoms with Crippen LogP contribution in [0.15, 0.2) is 59.6 Å². The highest BCUT2D eigenvalue weighted by molar-refractivity contribution is 6.47. The first-order valence-electron chi connectivity index (χ1n) is 12.2. The SMILES string of the molecule is C=C(C)C(=O)C1=CCNc2ncc(C3C=C=CC4=C(C3)N(CC(CCC)CCO)C(=O)C4=N)cc21. The topological polar surface area (TPSA) is 106 Å². The Kier molecular flexibility index (Phi) is 7.29. The summed E-state index contributed by atoms with van der Waals surface area (Å²) in [7, 11) is 0. The highest BCUT2D eigenvalue weighted by atomic mass is 16.3. The second-order valence-electron chi connectivity index (χ2n) is 9.38. The highest BCUT2D eigenvalue weighted by Crippen LogP contribution is 2.38. The van der Waals surface area contributed by atoms with Crippen molar-refractivity contribution in [3.8, 4) is 0 Å². The van der Waals surface area contributed by atoms with Gasteiger partial charge in [-0.2, -0.15) is 0 Å². The van der Waals surface area contributed by atoms with Crippen molar-refractivity contribution < 1.29 is 14.7 Å². The molecule has 0 saturated heterocycles. The fraction of sp³-hybridized carbons (Fsp3) is 0.393. The molecule has 7 nitrogen and oxygen atoms in total. The minimum atomic E-state index is -0.294. The summed E-state index contributed by atoms with van der Waals surface area (Å²) in [5.41, 5.74) is 7.31. The third-order valence-electron chi connectivity index (χ3n) is 6.81. The zero-order chi connectivity index (χ0) is 25.1. The smallest absolute Gasteiger partial charge is 0.276 e. The number of hydrogen-bond acceptors (Lipinski definition) is 6. The molecule has 7 heteroatoms.